The average Bonchev–Trinajstić information content (AvgIpc) is 2.87. The molecule has 7 nitrogen and oxygen atoms in total. The van der Waals surface area contributed by atoms with Gasteiger partial charge in [-0.25, -0.2) is 4.79 Å². The van der Waals surface area contributed by atoms with Crippen LogP contribution < -0.4 is 10.6 Å². The Balaban J connectivity index is 1.56. The van der Waals surface area contributed by atoms with E-state index in [1.807, 2.05) is 73.7 Å². The highest BCUT2D eigenvalue weighted by Gasteiger charge is 2.33. The van der Waals surface area contributed by atoms with Crippen LogP contribution in [0, 0.1) is 0 Å². The monoisotopic (exact) mass is 489 g/mol. The Hall–Kier alpha value is -3.75. The highest BCUT2D eigenvalue weighted by molar-refractivity contribution is 7.80. The minimum Gasteiger partial charge on any atom is -0.460 e. The Labute approximate surface area is 209 Å². The predicted molar refractivity (Wildman–Crippen MR) is 140 cm³/mol. The van der Waals surface area contributed by atoms with Crippen molar-refractivity contribution in [3.05, 3.63) is 89.1 Å². The third-order valence-corrected chi connectivity index (χ3v) is 6.42. The number of ether oxygens (including phenoxy) is 2. The van der Waals surface area contributed by atoms with Gasteiger partial charge in [0.1, 0.15) is 6.61 Å². The van der Waals surface area contributed by atoms with Crippen LogP contribution in [0.15, 0.2) is 78.0 Å². The molecule has 3 aromatic carbocycles. The van der Waals surface area contributed by atoms with E-state index in [1.165, 1.54) is 0 Å². The lowest BCUT2D eigenvalue weighted by molar-refractivity contribution is -0.140. The van der Waals surface area contributed by atoms with Gasteiger partial charge < -0.3 is 25.0 Å². The molecule has 1 aliphatic rings. The fraction of sp³-hybridized carbons (Fsp3) is 0.222. The first-order valence-electron chi connectivity index (χ1n) is 11.2. The molecular weight excluding hydrogens is 462 g/mol. The zero-order valence-corrected chi connectivity index (χ0v) is 20.6. The lowest BCUT2D eigenvalue weighted by Gasteiger charge is -2.35. The first kappa shape index (κ1) is 24.4. The largest absolute Gasteiger partial charge is 0.460 e. The minimum absolute atomic E-state index is 0.159. The smallest absolute Gasteiger partial charge is 0.338 e. The van der Waals surface area contributed by atoms with Gasteiger partial charge in [0.2, 0.25) is 0 Å². The second kappa shape index (κ2) is 10.7. The molecule has 1 aliphatic heterocycles. The standard InChI is InChI=1S/C27H27N3O4S/c1-17-23(26(32)34-16-15-33-3)24(29-27(35)30(17)2)19-11-13-20(14-12-19)28-25(31)22-10-6-8-18-7-4-5-9-21(18)22/h4-14,24H,15-16H2,1-3H3,(H,28,31)(H,29,35)/t24-/m1/s1. The molecule has 35 heavy (non-hydrogen) atoms. The number of rotatable bonds is 7. The molecule has 0 aliphatic carbocycles. The lowest BCUT2D eigenvalue weighted by Crippen LogP contribution is -2.46. The Morgan fingerprint density at radius 1 is 1.03 bits per heavy atom. The normalized spacial score (nSPS) is 15.7. The van der Waals surface area contributed by atoms with Gasteiger partial charge in [-0.2, -0.15) is 0 Å². The molecule has 0 saturated heterocycles. The van der Waals surface area contributed by atoms with Crippen LogP contribution in [0.2, 0.25) is 0 Å². The van der Waals surface area contributed by atoms with Gasteiger partial charge in [0.15, 0.2) is 5.11 Å². The fourth-order valence-corrected chi connectivity index (χ4v) is 4.28. The molecule has 3 aromatic rings. The van der Waals surface area contributed by atoms with Crippen LogP contribution in [0.4, 0.5) is 5.69 Å². The maximum atomic E-state index is 13.0. The summed E-state index contributed by atoms with van der Waals surface area (Å²) in [6.07, 6.45) is 0. The summed E-state index contributed by atoms with van der Waals surface area (Å²) in [4.78, 5) is 27.6. The summed E-state index contributed by atoms with van der Waals surface area (Å²) in [6.45, 7) is 2.31. The maximum absolute atomic E-state index is 13.0. The molecule has 2 N–H and O–H groups in total. The number of nitrogens with one attached hydrogen (secondary N) is 2. The van der Waals surface area contributed by atoms with Gasteiger partial charge in [-0.1, -0.05) is 48.5 Å². The molecule has 0 radical (unpaired) electrons. The number of carbonyl (C=O) groups is 2. The quantitative estimate of drug-likeness (QED) is 0.289. The summed E-state index contributed by atoms with van der Waals surface area (Å²) >= 11 is 5.46. The number of anilines is 1. The third-order valence-electron chi connectivity index (χ3n) is 6.03. The van der Waals surface area contributed by atoms with Gasteiger partial charge in [0.05, 0.1) is 18.2 Å². The number of hydrogen-bond acceptors (Lipinski definition) is 5. The van der Waals surface area contributed by atoms with Crippen LogP contribution in [0.5, 0.6) is 0 Å². The summed E-state index contributed by atoms with van der Waals surface area (Å²) in [6, 6.07) is 20.3. The van der Waals surface area contributed by atoms with E-state index in [4.69, 9.17) is 21.7 Å². The van der Waals surface area contributed by atoms with Crippen molar-refractivity contribution in [3.63, 3.8) is 0 Å². The molecule has 0 unspecified atom stereocenters. The number of esters is 1. The predicted octanol–water partition coefficient (Wildman–Crippen LogP) is 4.42. The summed E-state index contributed by atoms with van der Waals surface area (Å²) in [5.74, 6) is -0.619. The third kappa shape index (κ3) is 5.18. The van der Waals surface area contributed by atoms with Gasteiger partial charge in [-0.3, -0.25) is 4.79 Å². The molecule has 0 bridgehead atoms. The van der Waals surface area contributed by atoms with E-state index in [9.17, 15) is 9.59 Å². The van der Waals surface area contributed by atoms with Crippen molar-refractivity contribution in [2.75, 3.05) is 32.7 Å². The molecule has 180 valence electrons. The fourth-order valence-electron chi connectivity index (χ4n) is 4.03. The zero-order chi connectivity index (χ0) is 24.9. The second-order valence-electron chi connectivity index (χ2n) is 8.17. The lowest BCUT2D eigenvalue weighted by atomic mass is 9.95. The highest BCUT2D eigenvalue weighted by atomic mass is 32.1. The van der Waals surface area contributed by atoms with Crippen molar-refractivity contribution in [1.29, 1.82) is 0 Å². The summed E-state index contributed by atoms with van der Waals surface area (Å²) in [5, 5.41) is 8.59. The molecule has 1 heterocycles. The summed E-state index contributed by atoms with van der Waals surface area (Å²) in [7, 11) is 3.35. The number of benzene rings is 3. The van der Waals surface area contributed by atoms with Gasteiger partial charge in [-0.15, -0.1) is 0 Å². The first-order chi connectivity index (χ1) is 16.9. The van der Waals surface area contributed by atoms with E-state index in [2.05, 4.69) is 10.6 Å². The molecule has 4 rings (SSSR count). The van der Waals surface area contributed by atoms with Crippen LogP contribution >= 0.6 is 12.2 Å². The van der Waals surface area contributed by atoms with Crippen LogP contribution in [0.1, 0.15) is 28.9 Å². The van der Waals surface area contributed by atoms with Gasteiger partial charge in [0, 0.05) is 31.1 Å². The Kier molecular flexibility index (Phi) is 7.43. The number of methoxy groups -OCH3 is 1. The number of amides is 1. The van der Waals surface area contributed by atoms with E-state index in [-0.39, 0.29) is 12.5 Å². The minimum atomic E-state index is -0.475. The molecule has 0 saturated carbocycles. The van der Waals surface area contributed by atoms with Crippen LogP contribution in [0.25, 0.3) is 10.8 Å². The molecule has 8 heteroatoms. The van der Waals surface area contributed by atoms with Crippen molar-refractivity contribution in [1.82, 2.24) is 10.2 Å². The van der Waals surface area contributed by atoms with Crippen molar-refractivity contribution in [2.24, 2.45) is 0 Å². The summed E-state index contributed by atoms with van der Waals surface area (Å²) < 4.78 is 10.4. The number of thiocarbonyl (C=S) groups is 1. The maximum Gasteiger partial charge on any atom is 0.338 e. The number of allylic oxidation sites excluding steroid dienone is 1. The van der Waals surface area contributed by atoms with Crippen molar-refractivity contribution in [2.45, 2.75) is 13.0 Å². The topological polar surface area (TPSA) is 79.9 Å². The Bertz CT molecular complexity index is 1300. The molecule has 0 aromatic heterocycles. The number of carbonyl (C=O) groups excluding carboxylic acids is 2. The van der Waals surface area contributed by atoms with Gasteiger partial charge in [0.25, 0.3) is 5.91 Å². The van der Waals surface area contributed by atoms with Crippen LogP contribution in [-0.2, 0) is 14.3 Å². The van der Waals surface area contributed by atoms with E-state index < -0.39 is 12.0 Å². The zero-order valence-electron chi connectivity index (χ0n) is 19.8. The number of nitrogens with zero attached hydrogens (tertiary/aromatic N) is 1. The average molecular weight is 490 g/mol. The Morgan fingerprint density at radius 3 is 2.49 bits per heavy atom. The van der Waals surface area contributed by atoms with Crippen LogP contribution in [-0.4, -0.2) is 49.3 Å². The number of hydrogen-bond donors (Lipinski definition) is 2. The van der Waals surface area contributed by atoms with Crippen LogP contribution in [0.3, 0.4) is 0 Å². The molecule has 0 spiro atoms. The van der Waals surface area contributed by atoms with E-state index >= 15 is 0 Å². The van der Waals surface area contributed by atoms with E-state index in [0.29, 0.717) is 28.5 Å². The highest BCUT2D eigenvalue weighted by Crippen LogP contribution is 2.31. The first-order valence-corrected chi connectivity index (χ1v) is 11.6. The summed E-state index contributed by atoms with van der Waals surface area (Å²) in [5.41, 5.74) is 3.27. The molecular formula is C27H27N3O4S. The molecule has 1 amide bonds. The second-order valence-corrected chi connectivity index (χ2v) is 8.56. The van der Waals surface area contributed by atoms with Crippen molar-refractivity contribution in [3.8, 4) is 0 Å². The number of fused-ring (bicyclic) bond motifs is 1. The molecule has 1 atom stereocenters. The van der Waals surface area contributed by atoms with E-state index in [1.54, 1.807) is 19.1 Å². The van der Waals surface area contributed by atoms with Gasteiger partial charge in [-0.05, 0) is 53.7 Å². The van der Waals surface area contributed by atoms with Gasteiger partial charge >= 0.3 is 5.97 Å². The van der Waals surface area contributed by atoms with Crippen molar-refractivity contribution < 1.29 is 19.1 Å². The van der Waals surface area contributed by atoms with E-state index in [0.717, 1.165) is 22.0 Å². The van der Waals surface area contributed by atoms with Crippen molar-refractivity contribution >= 4 is 45.7 Å². The molecule has 0 fully saturated rings. The Morgan fingerprint density at radius 2 is 1.74 bits per heavy atom. The SMILES string of the molecule is COCCOC(=O)C1=C(C)N(C)C(=S)N[C@@H]1c1ccc(NC(=O)c2cccc3ccccc23)cc1.